The van der Waals surface area contributed by atoms with E-state index in [0.29, 0.717) is 35.7 Å². The molecule has 2 amide bonds. The van der Waals surface area contributed by atoms with Crippen LogP contribution < -0.4 is 5.32 Å². The van der Waals surface area contributed by atoms with Crippen molar-refractivity contribution in [1.29, 1.82) is 0 Å². The second kappa shape index (κ2) is 12.4. The summed E-state index contributed by atoms with van der Waals surface area (Å²) in [4.78, 5) is 39.2. The van der Waals surface area contributed by atoms with Crippen molar-refractivity contribution < 1.29 is 19.1 Å². The van der Waals surface area contributed by atoms with Crippen LogP contribution in [-0.4, -0.2) is 41.6 Å². The molecule has 186 valence electrons. The van der Waals surface area contributed by atoms with E-state index in [-0.39, 0.29) is 23.2 Å². The van der Waals surface area contributed by atoms with E-state index in [4.69, 9.17) is 4.74 Å². The minimum Gasteiger partial charge on any atom is -0.462 e. The summed E-state index contributed by atoms with van der Waals surface area (Å²) in [6.45, 7) is 3.10. The van der Waals surface area contributed by atoms with Gasteiger partial charge in [0.2, 0.25) is 5.91 Å². The SMILES string of the molecule is CCCCOC(=O)c1ccc(NC(=O)c2ccc([C@@H]3SCC(=O)N3CCc3ccccc3)cc2)cc1. The molecule has 1 saturated heterocycles. The lowest BCUT2D eigenvalue weighted by Crippen LogP contribution is -2.30. The molecule has 0 unspecified atom stereocenters. The van der Waals surface area contributed by atoms with Crippen molar-refractivity contribution in [2.45, 2.75) is 31.6 Å². The predicted molar refractivity (Wildman–Crippen MR) is 143 cm³/mol. The van der Waals surface area contributed by atoms with Gasteiger partial charge in [-0.05, 0) is 60.4 Å². The molecule has 1 heterocycles. The molecule has 0 bridgehead atoms. The van der Waals surface area contributed by atoms with Crippen molar-refractivity contribution >= 4 is 35.2 Å². The largest absolute Gasteiger partial charge is 0.462 e. The summed E-state index contributed by atoms with van der Waals surface area (Å²) in [6, 6.07) is 24.2. The highest BCUT2D eigenvalue weighted by Gasteiger charge is 2.32. The Kier molecular flexibility index (Phi) is 8.79. The molecule has 1 N–H and O–H groups in total. The average Bonchev–Trinajstić information content (AvgIpc) is 3.28. The van der Waals surface area contributed by atoms with E-state index in [1.807, 2.05) is 42.2 Å². The summed E-state index contributed by atoms with van der Waals surface area (Å²) in [5.74, 6) is -0.00143. The Balaban J connectivity index is 1.34. The lowest BCUT2D eigenvalue weighted by molar-refractivity contribution is -0.128. The van der Waals surface area contributed by atoms with Gasteiger partial charge >= 0.3 is 5.97 Å². The molecule has 1 aliphatic heterocycles. The molecule has 3 aromatic rings. The van der Waals surface area contributed by atoms with E-state index < -0.39 is 0 Å². The normalized spacial score (nSPS) is 15.1. The number of anilines is 1. The standard InChI is InChI=1S/C29H30N2O4S/c1-2-3-19-35-29(34)24-13-15-25(16-14-24)30-27(33)22-9-11-23(12-10-22)28-31(26(32)20-36-28)18-17-21-7-5-4-6-8-21/h4-16,28H,2-3,17-20H2,1H3,(H,30,33)/t28-/m0/s1. The van der Waals surface area contributed by atoms with Gasteiger partial charge in [-0.2, -0.15) is 0 Å². The second-order valence-electron chi connectivity index (χ2n) is 8.63. The Hall–Kier alpha value is -3.58. The smallest absolute Gasteiger partial charge is 0.338 e. The van der Waals surface area contributed by atoms with Crippen LogP contribution in [0, 0.1) is 0 Å². The Labute approximate surface area is 216 Å². The highest BCUT2D eigenvalue weighted by atomic mass is 32.2. The molecule has 0 radical (unpaired) electrons. The molecule has 1 atom stereocenters. The number of carbonyl (C=O) groups excluding carboxylic acids is 3. The van der Waals surface area contributed by atoms with E-state index in [9.17, 15) is 14.4 Å². The fourth-order valence-electron chi connectivity index (χ4n) is 3.95. The quantitative estimate of drug-likeness (QED) is 0.284. The van der Waals surface area contributed by atoms with Gasteiger partial charge in [0, 0.05) is 17.8 Å². The van der Waals surface area contributed by atoms with Crippen molar-refractivity contribution in [1.82, 2.24) is 4.90 Å². The number of hydrogen-bond acceptors (Lipinski definition) is 5. The van der Waals surface area contributed by atoms with Crippen LogP contribution in [0.25, 0.3) is 0 Å². The van der Waals surface area contributed by atoms with Gasteiger partial charge in [-0.1, -0.05) is 55.8 Å². The van der Waals surface area contributed by atoms with Gasteiger partial charge in [0.25, 0.3) is 5.91 Å². The Morgan fingerprint density at radius 3 is 2.36 bits per heavy atom. The van der Waals surface area contributed by atoms with Gasteiger partial charge in [-0.25, -0.2) is 4.79 Å². The number of benzene rings is 3. The zero-order valence-electron chi connectivity index (χ0n) is 20.3. The zero-order valence-corrected chi connectivity index (χ0v) is 21.1. The first-order valence-electron chi connectivity index (χ1n) is 12.2. The third kappa shape index (κ3) is 6.55. The Bertz CT molecular complexity index is 1180. The number of thioether (sulfide) groups is 1. The van der Waals surface area contributed by atoms with E-state index in [0.717, 1.165) is 24.8 Å². The van der Waals surface area contributed by atoms with E-state index in [2.05, 4.69) is 17.4 Å². The maximum Gasteiger partial charge on any atom is 0.338 e. The van der Waals surface area contributed by atoms with E-state index in [1.54, 1.807) is 48.2 Å². The number of unbranched alkanes of at least 4 members (excludes halogenated alkanes) is 1. The minimum absolute atomic E-state index is 0.0528. The first-order chi connectivity index (χ1) is 17.5. The predicted octanol–water partition coefficient (Wildman–Crippen LogP) is 5.71. The van der Waals surface area contributed by atoms with E-state index >= 15 is 0 Å². The topological polar surface area (TPSA) is 75.7 Å². The van der Waals surface area contributed by atoms with Crippen LogP contribution in [0.3, 0.4) is 0 Å². The molecule has 0 saturated carbocycles. The Morgan fingerprint density at radius 1 is 0.972 bits per heavy atom. The molecule has 4 rings (SSSR count). The summed E-state index contributed by atoms with van der Waals surface area (Å²) in [5.41, 5.74) is 3.77. The number of nitrogens with one attached hydrogen (secondary N) is 1. The summed E-state index contributed by atoms with van der Waals surface area (Å²) >= 11 is 1.61. The van der Waals surface area contributed by atoms with Gasteiger partial charge in [-0.3, -0.25) is 9.59 Å². The Morgan fingerprint density at radius 2 is 1.67 bits per heavy atom. The molecule has 0 spiro atoms. The van der Waals surface area contributed by atoms with Crippen molar-refractivity contribution in [3.63, 3.8) is 0 Å². The zero-order chi connectivity index (χ0) is 25.3. The van der Waals surface area contributed by atoms with Gasteiger partial charge in [0.15, 0.2) is 0 Å². The first kappa shape index (κ1) is 25.5. The van der Waals surface area contributed by atoms with Crippen LogP contribution >= 0.6 is 11.8 Å². The van der Waals surface area contributed by atoms with Crippen LogP contribution in [-0.2, 0) is 16.0 Å². The van der Waals surface area contributed by atoms with Crippen LogP contribution in [0.5, 0.6) is 0 Å². The van der Waals surface area contributed by atoms with Crippen molar-refractivity contribution in [3.05, 3.63) is 101 Å². The summed E-state index contributed by atoms with van der Waals surface area (Å²) < 4.78 is 5.21. The minimum atomic E-state index is -0.363. The van der Waals surface area contributed by atoms with Gasteiger partial charge < -0.3 is 15.0 Å². The average molecular weight is 503 g/mol. The summed E-state index contributed by atoms with van der Waals surface area (Å²) in [6.07, 6.45) is 2.60. The van der Waals surface area contributed by atoms with Crippen molar-refractivity contribution in [3.8, 4) is 0 Å². The molecular weight excluding hydrogens is 472 g/mol. The van der Waals surface area contributed by atoms with Crippen LogP contribution in [0.4, 0.5) is 5.69 Å². The van der Waals surface area contributed by atoms with Crippen molar-refractivity contribution in [2.24, 2.45) is 0 Å². The van der Waals surface area contributed by atoms with Gasteiger partial charge in [0.1, 0.15) is 5.37 Å². The number of nitrogens with zero attached hydrogens (tertiary/aromatic N) is 1. The summed E-state index contributed by atoms with van der Waals surface area (Å²) in [5, 5.41) is 2.81. The first-order valence-corrected chi connectivity index (χ1v) is 13.2. The van der Waals surface area contributed by atoms with Crippen LogP contribution in [0.1, 0.15) is 57.0 Å². The number of esters is 1. The molecular formula is C29H30N2O4S. The molecule has 1 fully saturated rings. The molecule has 36 heavy (non-hydrogen) atoms. The number of carbonyl (C=O) groups is 3. The van der Waals surface area contributed by atoms with Crippen LogP contribution in [0.2, 0.25) is 0 Å². The maximum atomic E-state index is 12.7. The fourth-order valence-corrected chi connectivity index (χ4v) is 5.17. The monoisotopic (exact) mass is 502 g/mol. The number of ether oxygens (including phenoxy) is 1. The van der Waals surface area contributed by atoms with Crippen LogP contribution in [0.15, 0.2) is 78.9 Å². The third-order valence-electron chi connectivity index (χ3n) is 6.02. The van der Waals surface area contributed by atoms with Crippen molar-refractivity contribution in [2.75, 3.05) is 24.2 Å². The lowest BCUT2D eigenvalue weighted by Gasteiger charge is -2.24. The second-order valence-corrected chi connectivity index (χ2v) is 9.70. The fraction of sp³-hybridized carbons (Fsp3) is 0.276. The number of hydrogen-bond donors (Lipinski definition) is 1. The highest BCUT2D eigenvalue weighted by molar-refractivity contribution is 8.00. The lowest BCUT2D eigenvalue weighted by atomic mass is 10.1. The van der Waals surface area contributed by atoms with Gasteiger partial charge in [0.05, 0.1) is 17.9 Å². The molecule has 3 aromatic carbocycles. The molecule has 6 nitrogen and oxygen atoms in total. The highest BCUT2D eigenvalue weighted by Crippen LogP contribution is 2.38. The molecule has 7 heteroatoms. The van der Waals surface area contributed by atoms with Gasteiger partial charge in [-0.15, -0.1) is 11.8 Å². The number of amides is 2. The van der Waals surface area contributed by atoms with E-state index in [1.165, 1.54) is 5.56 Å². The molecule has 1 aliphatic rings. The summed E-state index contributed by atoms with van der Waals surface area (Å²) in [7, 11) is 0. The molecule has 0 aliphatic carbocycles. The molecule has 0 aromatic heterocycles. The third-order valence-corrected chi connectivity index (χ3v) is 7.28. The number of rotatable bonds is 10. The maximum absolute atomic E-state index is 12.7.